The van der Waals surface area contributed by atoms with Crippen LogP contribution in [0.15, 0.2) is 18.2 Å². The fourth-order valence-electron chi connectivity index (χ4n) is 4.04. The summed E-state index contributed by atoms with van der Waals surface area (Å²) in [5.74, 6) is 1.03. The molecule has 24 heavy (non-hydrogen) atoms. The number of hydrogen-bond acceptors (Lipinski definition) is 3. The molecule has 2 fully saturated rings. The second kappa shape index (κ2) is 6.56. The van der Waals surface area contributed by atoms with Crippen LogP contribution in [0.1, 0.15) is 31.2 Å². The van der Waals surface area contributed by atoms with Gasteiger partial charge in [0.1, 0.15) is 6.54 Å². The molecule has 0 aliphatic heterocycles. The molecule has 0 radical (unpaired) electrons. The van der Waals surface area contributed by atoms with E-state index in [2.05, 4.69) is 5.32 Å². The zero-order chi connectivity index (χ0) is 17.5. The normalized spacial score (nSPS) is 25.7. The van der Waals surface area contributed by atoms with Gasteiger partial charge in [-0.25, -0.2) is 8.42 Å². The van der Waals surface area contributed by atoms with Crippen molar-refractivity contribution in [2.24, 2.45) is 11.8 Å². The first-order valence-corrected chi connectivity index (χ1v) is 10.5. The average Bonchev–Trinajstić information content (AvgIpc) is 3.09. The van der Waals surface area contributed by atoms with Gasteiger partial charge in [-0.2, -0.15) is 0 Å². The number of nitrogens with zero attached hydrogens (tertiary/aromatic N) is 1. The van der Waals surface area contributed by atoms with Gasteiger partial charge in [-0.3, -0.25) is 9.10 Å². The number of sulfonamides is 1. The highest BCUT2D eigenvalue weighted by molar-refractivity contribution is 7.92. The van der Waals surface area contributed by atoms with Crippen LogP contribution < -0.4 is 9.62 Å². The first kappa shape index (κ1) is 17.5. The molecule has 2 bridgehead atoms. The second-order valence-electron chi connectivity index (χ2n) is 7.05. The number of aryl methyl sites for hydroxylation is 1. The first-order valence-electron chi connectivity index (χ1n) is 8.27. The van der Waals surface area contributed by atoms with Crippen molar-refractivity contribution in [2.45, 2.75) is 38.6 Å². The van der Waals surface area contributed by atoms with E-state index in [0.717, 1.165) is 28.5 Å². The summed E-state index contributed by atoms with van der Waals surface area (Å²) >= 11 is 6.01. The van der Waals surface area contributed by atoms with Gasteiger partial charge in [0.05, 0.1) is 11.9 Å². The van der Waals surface area contributed by atoms with Crippen LogP contribution >= 0.6 is 11.6 Å². The maximum atomic E-state index is 12.5. The van der Waals surface area contributed by atoms with Crippen LogP contribution in [-0.4, -0.2) is 33.2 Å². The molecular formula is C17H23ClN2O3S. The number of fused-ring (bicyclic) bond motifs is 2. The highest BCUT2D eigenvalue weighted by Gasteiger charge is 2.40. The number of anilines is 1. The van der Waals surface area contributed by atoms with Crippen molar-refractivity contribution in [1.29, 1.82) is 0 Å². The van der Waals surface area contributed by atoms with Gasteiger partial charge in [0, 0.05) is 11.1 Å². The largest absolute Gasteiger partial charge is 0.352 e. The summed E-state index contributed by atoms with van der Waals surface area (Å²) in [5, 5.41) is 3.48. The standard InChI is InChI=1S/C17H23ClN2O3S/c1-11-3-6-14(18)9-16(11)20(24(2,22)23)10-17(21)19-15-8-12-4-5-13(15)7-12/h3,6,9,12-13,15H,4-5,7-8,10H2,1-2H3,(H,19,21)/t12-,13+,15+/m0/s1. The quantitative estimate of drug-likeness (QED) is 0.866. The monoisotopic (exact) mass is 370 g/mol. The number of hydrogen-bond donors (Lipinski definition) is 1. The van der Waals surface area contributed by atoms with Crippen LogP contribution in [-0.2, 0) is 14.8 Å². The Morgan fingerprint density at radius 3 is 2.67 bits per heavy atom. The predicted molar refractivity (Wildman–Crippen MR) is 95.8 cm³/mol. The molecule has 132 valence electrons. The van der Waals surface area contributed by atoms with Crippen molar-refractivity contribution in [3.63, 3.8) is 0 Å². The van der Waals surface area contributed by atoms with Gasteiger partial charge in [-0.15, -0.1) is 0 Å². The van der Waals surface area contributed by atoms with Crippen molar-refractivity contribution < 1.29 is 13.2 Å². The number of carbonyl (C=O) groups excluding carboxylic acids is 1. The van der Waals surface area contributed by atoms with Crippen LogP contribution in [0.4, 0.5) is 5.69 Å². The fraction of sp³-hybridized carbons (Fsp3) is 0.588. The molecule has 5 nitrogen and oxygen atoms in total. The fourth-order valence-corrected chi connectivity index (χ4v) is 5.11. The minimum absolute atomic E-state index is 0.193. The Labute approximate surface area is 148 Å². The molecule has 1 aromatic carbocycles. The van der Waals surface area contributed by atoms with Gasteiger partial charge < -0.3 is 5.32 Å². The molecule has 0 unspecified atom stereocenters. The maximum Gasteiger partial charge on any atom is 0.241 e. The van der Waals surface area contributed by atoms with Crippen LogP contribution in [0.5, 0.6) is 0 Å². The molecule has 0 heterocycles. The number of rotatable bonds is 5. The molecule has 1 aromatic rings. The highest BCUT2D eigenvalue weighted by atomic mass is 35.5. The summed E-state index contributed by atoms with van der Waals surface area (Å²) in [6, 6.07) is 5.24. The predicted octanol–water partition coefficient (Wildman–Crippen LogP) is 2.72. The molecule has 0 spiro atoms. The topological polar surface area (TPSA) is 66.5 Å². The Bertz CT molecular complexity index is 750. The van der Waals surface area contributed by atoms with Crippen LogP contribution in [0, 0.1) is 18.8 Å². The van der Waals surface area contributed by atoms with E-state index < -0.39 is 10.0 Å². The number of nitrogens with one attached hydrogen (secondary N) is 1. The number of carbonyl (C=O) groups is 1. The Morgan fingerprint density at radius 1 is 1.33 bits per heavy atom. The van der Waals surface area contributed by atoms with Crippen molar-refractivity contribution in [2.75, 3.05) is 17.1 Å². The zero-order valence-electron chi connectivity index (χ0n) is 14.0. The smallest absolute Gasteiger partial charge is 0.241 e. The molecule has 0 aromatic heterocycles. The molecule has 7 heteroatoms. The summed E-state index contributed by atoms with van der Waals surface area (Å²) in [6.07, 6.45) is 5.74. The summed E-state index contributed by atoms with van der Waals surface area (Å²) in [5.41, 5.74) is 1.21. The minimum atomic E-state index is -3.58. The highest BCUT2D eigenvalue weighted by Crippen LogP contribution is 2.44. The van der Waals surface area contributed by atoms with E-state index in [1.54, 1.807) is 25.1 Å². The van der Waals surface area contributed by atoms with Gasteiger partial charge in [-0.05, 0) is 55.7 Å². The van der Waals surface area contributed by atoms with Gasteiger partial charge in [0.25, 0.3) is 0 Å². The molecule has 3 rings (SSSR count). The lowest BCUT2D eigenvalue weighted by Gasteiger charge is -2.27. The molecule has 2 aliphatic carbocycles. The first-order chi connectivity index (χ1) is 11.2. The number of halogens is 1. The Kier molecular flexibility index (Phi) is 4.80. The summed E-state index contributed by atoms with van der Waals surface area (Å²) in [4.78, 5) is 12.5. The van der Waals surface area contributed by atoms with E-state index in [1.807, 2.05) is 0 Å². The van der Waals surface area contributed by atoms with Crippen LogP contribution in [0.2, 0.25) is 5.02 Å². The van der Waals surface area contributed by atoms with Gasteiger partial charge in [-0.1, -0.05) is 24.1 Å². The van der Waals surface area contributed by atoms with E-state index in [4.69, 9.17) is 11.6 Å². The third kappa shape index (κ3) is 3.70. The lowest BCUT2D eigenvalue weighted by Crippen LogP contribution is -2.45. The van der Waals surface area contributed by atoms with Gasteiger partial charge in [0.15, 0.2) is 0 Å². The van der Waals surface area contributed by atoms with Crippen molar-refractivity contribution in [3.05, 3.63) is 28.8 Å². The van der Waals surface area contributed by atoms with Crippen LogP contribution in [0.25, 0.3) is 0 Å². The Morgan fingerprint density at radius 2 is 2.08 bits per heavy atom. The van der Waals surface area contributed by atoms with E-state index >= 15 is 0 Å². The molecule has 2 aliphatic rings. The zero-order valence-corrected chi connectivity index (χ0v) is 15.5. The number of benzene rings is 1. The van der Waals surface area contributed by atoms with E-state index in [0.29, 0.717) is 16.6 Å². The summed E-state index contributed by atoms with van der Waals surface area (Å²) < 4.78 is 25.5. The Hall–Kier alpha value is -1.27. The van der Waals surface area contributed by atoms with Crippen LogP contribution in [0.3, 0.4) is 0 Å². The average molecular weight is 371 g/mol. The molecule has 1 amide bonds. The number of amides is 1. The van der Waals surface area contributed by atoms with Gasteiger partial charge >= 0.3 is 0 Å². The third-order valence-electron chi connectivity index (χ3n) is 5.21. The van der Waals surface area contributed by atoms with Crippen molar-refractivity contribution in [1.82, 2.24) is 5.32 Å². The summed E-state index contributed by atoms with van der Waals surface area (Å²) in [7, 11) is -3.58. The van der Waals surface area contributed by atoms with E-state index in [-0.39, 0.29) is 18.5 Å². The molecule has 1 N–H and O–H groups in total. The van der Waals surface area contributed by atoms with Crippen molar-refractivity contribution in [3.8, 4) is 0 Å². The third-order valence-corrected chi connectivity index (χ3v) is 6.57. The second-order valence-corrected chi connectivity index (χ2v) is 9.39. The van der Waals surface area contributed by atoms with Gasteiger partial charge in [0.2, 0.25) is 15.9 Å². The molecule has 0 saturated heterocycles. The Balaban J connectivity index is 1.75. The lowest BCUT2D eigenvalue weighted by molar-refractivity contribution is -0.120. The molecule has 3 atom stereocenters. The summed E-state index contributed by atoms with van der Waals surface area (Å²) in [6.45, 7) is 1.59. The molecular weight excluding hydrogens is 348 g/mol. The molecule has 2 saturated carbocycles. The van der Waals surface area contributed by atoms with E-state index in [1.165, 1.54) is 19.3 Å². The maximum absolute atomic E-state index is 12.5. The minimum Gasteiger partial charge on any atom is -0.352 e. The SMILES string of the molecule is Cc1ccc(Cl)cc1N(CC(=O)N[C@@H]1C[C@H]2CC[C@@H]1C2)S(C)(=O)=O. The lowest BCUT2D eigenvalue weighted by atomic mass is 9.95. The van der Waals surface area contributed by atoms with Crippen molar-refractivity contribution >= 4 is 33.2 Å². The van der Waals surface area contributed by atoms with E-state index in [9.17, 15) is 13.2 Å².